The van der Waals surface area contributed by atoms with Gasteiger partial charge in [-0.1, -0.05) is 19.3 Å². The normalized spacial score (nSPS) is 27.2. The summed E-state index contributed by atoms with van der Waals surface area (Å²) in [4.78, 5) is 12.0. The smallest absolute Gasteiger partial charge is 0.240 e. The van der Waals surface area contributed by atoms with Crippen molar-refractivity contribution in [3.63, 3.8) is 0 Å². The number of halogens is 1. The Balaban J connectivity index is 0.00000144. The lowest BCUT2D eigenvalue weighted by Crippen LogP contribution is -2.55. The Labute approximate surface area is 109 Å². The molecule has 0 aromatic heterocycles. The van der Waals surface area contributed by atoms with Crippen LogP contribution in [0.3, 0.4) is 0 Å². The third-order valence-electron chi connectivity index (χ3n) is 3.71. The third-order valence-corrected chi connectivity index (χ3v) is 3.71. The van der Waals surface area contributed by atoms with Gasteiger partial charge >= 0.3 is 0 Å². The molecule has 1 saturated carbocycles. The lowest BCUT2D eigenvalue weighted by Gasteiger charge is -2.32. The van der Waals surface area contributed by atoms with Gasteiger partial charge in [-0.25, -0.2) is 0 Å². The van der Waals surface area contributed by atoms with Crippen LogP contribution in [0.5, 0.6) is 0 Å². The maximum atomic E-state index is 12.0. The molecular formula is C12H23ClN2O2. The van der Waals surface area contributed by atoms with Crippen LogP contribution in [0, 0.1) is 0 Å². The van der Waals surface area contributed by atoms with E-state index in [2.05, 4.69) is 5.32 Å². The molecule has 1 atom stereocenters. The second-order valence-corrected chi connectivity index (χ2v) is 5.06. The van der Waals surface area contributed by atoms with E-state index in [9.17, 15) is 4.79 Å². The number of carbonyl (C=O) groups is 1. The van der Waals surface area contributed by atoms with Crippen molar-refractivity contribution in [2.75, 3.05) is 13.2 Å². The fraction of sp³-hybridized carbons (Fsp3) is 0.917. The second kappa shape index (κ2) is 6.57. The van der Waals surface area contributed by atoms with Gasteiger partial charge < -0.3 is 15.8 Å². The van der Waals surface area contributed by atoms with Crippen molar-refractivity contribution in [3.8, 4) is 0 Å². The van der Waals surface area contributed by atoms with Crippen LogP contribution in [0.15, 0.2) is 0 Å². The van der Waals surface area contributed by atoms with E-state index in [-0.39, 0.29) is 24.4 Å². The molecule has 1 saturated heterocycles. The summed E-state index contributed by atoms with van der Waals surface area (Å²) in [5.41, 5.74) is 5.52. The molecule has 1 aliphatic heterocycles. The molecule has 2 rings (SSSR count). The van der Waals surface area contributed by atoms with Gasteiger partial charge in [0, 0.05) is 13.2 Å². The van der Waals surface area contributed by atoms with Gasteiger partial charge in [-0.2, -0.15) is 0 Å². The van der Waals surface area contributed by atoms with E-state index in [1.807, 2.05) is 0 Å². The van der Waals surface area contributed by atoms with Crippen molar-refractivity contribution in [1.82, 2.24) is 5.32 Å². The number of nitrogens with two attached hydrogens (primary N) is 1. The zero-order valence-electron chi connectivity index (χ0n) is 10.2. The number of hydrogen-bond acceptors (Lipinski definition) is 3. The van der Waals surface area contributed by atoms with Gasteiger partial charge in [-0.05, 0) is 25.7 Å². The van der Waals surface area contributed by atoms with Gasteiger partial charge in [0.1, 0.15) is 0 Å². The van der Waals surface area contributed by atoms with E-state index in [0.717, 1.165) is 45.1 Å². The zero-order valence-corrected chi connectivity index (χ0v) is 11.1. The Hall–Kier alpha value is -0.320. The molecule has 0 radical (unpaired) electrons. The molecule has 1 unspecified atom stereocenters. The summed E-state index contributed by atoms with van der Waals surface area (Å²) < 4.78 is 5.47. The number of nitrogens with one attached hydrogen (secondary N) is 1. The Kier molecular flexibility index (Phi) is 5.70. The average Bonchev–Trinajstić information content (AvgIpc) is 2.79. The SMILES string of the molecule is Cl.NC1(C(=O)NCC2CCCO2)CCCCC1. The topological polar surface area (TPSA) is 64.4 Å². The lowest BCUT2D eigenvalue weighted by molar-refractivity contribution is -0.128. The first-order valence-corrected chi connectivity index (χ1v) is 6.39. The van der Waals surface area contributed by atoms with Gasteiger partial charge in [-0.3, -0.25) is 4.79 Å². The van der Waals surface area contributed by atoms with E-state index >= 15 is 0 Å². The highest BCUT2D eigenvalue weighted by Gasteiger charge is 2.35. The quantitative estimate of drug-likeness (QED) is 0.807. The molecule has 1 amide bonds. The standard InChI is InChI=1S/C12H22N2O2.ClH/c13-12(6-2-1-3-7-12)11(15)14-9-10-5-4-8-16-10;/h10H,1-9,13H2,(H,14,15);1H. The Bertz CT molecular complexity index is 249. The Morgan fingerprint density at radius 3 is 2.59 bits per heavy atom. The van der Waals surface area contributed by atoms with Gasteiger partial charge in [0.15, 0.2) is 0 Å². The van der Waals surface area contributed by atoms with E-state index in [0.29, 0.717) is 6.54 Å². The average molecular weight is 263 g/mol. The molecule has 17 heavy (non-hydrogen) atoms. The van der Waals surface area contributed by atoms with E-state index in [1.54, 1.807) is 0 Å². The van der Waals surface area contributed by atoms with Crippen LogP contribution in [0.1, 0.15) is 44.9 Å². The number of rotatable bonds is 3. The van der Waals surface area contributed by atoms with E-state index in [1.165, 1.54) is 6.42 Å². The van der Waals surface area contributed by atoms with E-state index < -0.39 is 5.54 Å². The fourth-order valence-corrected chi connectivity index (χ4v) is 2.60. The Morgan fingerprint density at radius 1 is 1.29 bits per heavy atom. The predicted octanol–water partition coefficient (Wildman–Crippen LogP) is 1.36. The molecule has 0 spiro atoms. The van der Waals surface area contributed by atoms with Crippen LogP contribution < -0.4 is 11.1 Å². The van der Waals surface area contributed by atoms with Gasteiger partial charge in [0.05, 0.1) is 11.6 Å². The molecule has 100 valence electrons. The second-order valence-electron chi connectivity index (χ2n) is 5.06. The number of amides is 1. The minimum absolute atomic E-state index is 0. The van der Waals surface area contributed by atoms with E-state index in [4.69, 9.17) is 10.5 Å². The summed E-state index contributed by atoms with van der Waals surface area (Å²) in [6, 6.07) is 0. The molecular weight excluding hydrogens is 240 g/mol. The van der Waals surface area contributed by atoms with Crippen LogP contribution >= 0.6 is 12.4 Å². The van der Waals surface area contributed by atoms with Crippen molar-refractivity contribution in [3.05, 3.63) is 0 Å². The summed E-state index contributed by atoms with van der Waals surface area (Å²) in [6.45, 7) is 1.45. The molecule has 0 bridgehead atoms. The molecule has 1 aliphatic carbocycles. The third kappa shape index (κ3) is 3.83. The molecule has 0 aromatic carbocycles. The van der Waals surface area contributed by atoms with Crippen LogP contribution in [-0.2, 0) is 9.53 Å². The highest BCUT2D eigenvalue weighted by molar-refractivity contribution is 5.86. The van der Waals surface area contributed by atoms with Crippen LogP contribution in [0.25, 0.3) is 0 Å². The maximum Gasteiger partial charge on any atom is 0.240 e. The van der Waals surface area contributed by atoms with Crippen molar-refractivity contribution in [1.29, 1.82) is 0 Å². The Morgan fingerprint density at radius 2 is 2.00 bits per heavy atom. The minimum atomic E-state index is -0.614. The highest BCUT2D eigenvalue weighted by Crippen LogP contribution is 2.26. The first-order chi connectivity index (χ1) is 7.71. The predicted molar refractivity (Wildman–Crippen MR) is 69.2 cm³/mol. The first-order valence-electron chi connectivity index (χ1n) is 6.39. The maximum absolute atomic E-state index is 12.0. The molecule has 1 heterocycles. The largest absolute Gasteiger partial charge is 0.376 e. The van der Waals surface area contributed by atoms with Crippen molar-refractivity contribution in [2.24, 2.45) is 5.73 Å². The highest BCUT2D eigenvalue weighted by atomic mass is 35.5. The molecule has 2 aliphatic rings. The van der Waals surface area contributed by atoms with Crippen molar-refractivity contribution < 1.29 is 9.53 Å². The number of carbonyl (C=O) groups excluding carboxylic acids is 1. The van der Waals surface area contributed by atoms with Gasteiger partial charge in [-0.15, -0.1) is 12.4 Å². The lowest BCUT2D eigenvalue weighted by atomic mass is 9.82. The summed E-state index contributed by atoms with van der Waals surface area (Å²) >= 11 is 0. The molecule has 3 N–H and O–H groups in total. The molecule has 0 aromatic rings. The monoisotopic (exact) mass is 262 g/mol. The van der Waals surface area contributed by atoms with Crippen LogP contribution in [0.2, 0.25) is 0 Å². The summed E-state index contributed by atoms with van der Waals surface area (Å²) in [5, 5.41) is 2.95. The van der Waals surface area contributed by atoms with Crippen LogP contribution in [0.4, 0.5) is 0 Å². The molecule has 4 nitrogen and oxygen atoms in total. The summed E-state index contributed by atoms with van der Waals surface area (Å²) in [7, 11) is 0. The molecule has 2 fully saturated rings. The first kappa shape index (κ1) is 14.7. The van der Waals surface area contributed by atoms with Crippen molar-refractivity contribution in [2.45, 2.75) is 56.6 Å². The van der Waals surface area contributed by atoms with Gasteiger partial charge in [0.25, 0.3) is 0 Å². The van der Waals surface area contributed by atoms with Crippen LogP contribution in [-0.4, -0.2) is 30.7 Å². The number of hydrogen-bond donors (Lipinski definition) is 2. The molecule has 5 heteroatoms. The zero-order chi connectivity index (χ0) is 11.4. The van der Waals surface area contributed by atoms with Gasteiger partial charge in [0.2, 0.25) is 5.91 Å². The summed E-state index contributed by atoms with van der Waals surface area (Å²) in [6.07, 6.45) is 7.36. The minimum Gasteiger partial charge on any atom is -0.376 e. The number of ether oxygens (including phenoxy) is 1. The summed E-state index contributed by atoms with van der Waals surface area (Å²) in [5.74, 6) is 0.0164. The van der Waals surface area contributed by atoms with Crippen molar-refractivity contribution >= 4 is 18.3 Å². The fourth-order valence-electron chi connectivity index (χ4n) is 2.60.